The third kappa shape index (κ3) is 4.33. The van der Waals surface area contributed by atoms with Gasteiger partial charge in [0.2, 0.25) is 21.8 Å². The van der Waals surface area contributed by atoms with Gasteiger partial charge in [-0.05, 0) is 11.8 Å². The van der Waals surface area contributed by atoms with Gasteiger partial charge in [0.25, 0.3) is 0 Å². The molecule has 0 bridgehead atoms. The number of rotatable bonds is 6. The molecule has 1 unspecified atom stereocenters. The van der Waals surface area contributed by atoms with Gasteiger partial charge in [-0.2, -0.15) is 0 Å². The molecule has 13 heteroatoms. The summed E-state index contributed by atoms with van der Waals surface area (Å²) in [6.07, 6.45) is -0.521. The minimum absolute atomic E-state index is 0.00571. The Morgan fingerprint density at radius 2 is 1.75 bits per heavy atom. The number of nitrogens with zero attached hydrogens (tertiary/aromatic N) is 2. The normalized spacial score (nSPS) is 26.6. The fraction of sp³-hybridized carbons (Fsp3) is 0.526. The first-order valence-electron chi connectivity index (χ1n) is 9.93. The summed E-state index contributed by atoms with van der Waals surface area (Å²) in [6, 6.07) is 2.08. The molecule has 1 aromatic rings. The van der Waals surface area contributed by atoms with Crippen LogP contribution >= 0.6 is 0 Å². The summed E-state index contributed by atoms with van der Waals surface area (Å²) in [5, 5.41) is 2.52. The van der Waals surface area contributed by atoms with E-state index in [0.29, 0.717) is 0 Å². The quantitative estimate of drug-likeness (QED) is 0.605. The number of carbonyl (C=O) groups is 3. The molecule has 3 aliphatic rings. The summed E-state index contributed by atoms with van der Waals surface area (Å²) in [5.74, 6) is -3.48. The molecular formula is C19H22F2N4O6S. The lowest BCUT2D eigenvalue weighted by molar-refractivity contribution is -0.121. The van der Waals surface area contributed by atoms with E-state index >= 15 is 0 Å². The average Bonchev–Trinajstić information content (AvgIpc) is 2.98. The highest BCUT2D eigenvalue weighted by Gasteiger charge is 2.60. The van der Waals surface area contributed by atoms with Gasteiger partial charge >= 0.3 is 6.09 Å². The Labute approximate surface area is 182 Å². The summed E-state index contributed by atoms with van der Waals surface area (Å²) in [4.78, 5) is 37.7. The van der Waals surface area contributed by atoms with E-state index in [2.05, 4.69) is 5.32 Å². The Morgan fingerprint density at radius 3 is 2.28 bits per heavy atom. The lowest BCUT2D eigenvalue weighted by Crippen LogP contribution is -2.35. The topological polar surface area (TPSA) is 125 Å². The molecule has 3 fully saturated rings. The lowest BCUT2D eigenvalue weighted by Gasteiger charge is -2.24. The summed E-state index contributed by atoms with van der Waals surface area (Å²) in [5.41, 5.74) is -0.264. The first-order valence-corrected chi connectivity index (χ1v) is 11.8. The molecule has 0 spiro atoms. The molecule has 0 radical (unpaired) electrons. The predicted molar refractivity (Wildman–Crippen MR) is 108 cm³/mol. The molecule has 0 aromatic heterocycles. The van der Waals surface area contributed by atoms with Gasteiger partial charge in [0, 0.05) is 38.1 Å². The second-order valence-corrected chi connectivity index (χ2v) is 10.1. The van der Waals surface area contributed by atoms with Crippen LogP contribution in [0, 0.1) is 29.4 Å². The SMILES string of the molecule is CC(=O)NC[C@H]1CN(c2cc(F)c(N3C[C@@H]4C(C(=O)NS(C)(=O)=O)[C@@H]4C3)c(F)c2)C(=O)O1. The number of ether oxygens (including phenoxy) is 1. The minimum Gasteiger partial charge on any atom is -0.442 e. The van der Waals surface area contributed by atoms with E-state index in [1.54, 1.807) is 0 Å². The van der Waals surface area contributed by atoms with Gasteiger partial charge in [0.1, 0.15) is 11.8 Å². The third-order valence-corrected chi connectivity index (χ3v) is 6.44. The van der Waals surface area contributed by atoms with Crippen LogP contribution in [-0.4, -0.2) is 64.9 Å². The van der Waals surface area contributed by atoms with Crippen molar-refractivity contribution >= 4 is 39.3 Å². The van der Waals surface area contributed by atoms with Crippen LogP contribution in [-0.2, 0) is 24.3 Å². The molecular weight excluding hydrogens is 450 g/mol. The van der Waals surface area contributed by atoms with Gasteiger partial charge in [-0.1, -0.05) is 0 Å². The van der Waals surface area contributed by atoms with Crippen molar-refractivity contribution in [2.24, 2.45) is 17.8 Å². The van der Waals surface area contributed by atoms with Gasteiger partial charge in [0.05, 0.1) is 25.0 Å². The van der Waals surface area contributed by atoms with Crippen LogP contribution in [0.2, 0.25) is 0 Å². The second kappa shape index (κ2) is 7.87. The van der Waals surface area contributed by atoms with E-state index in [1.165, 1.54) is 11.8 Å². The summed E-state index contributed by atoms with van der Waals surface area (Å²) < 4.78 is 59.2. The van der Waals surface area contributed by atoms with Crippen LogP contribution < -0.4 is 19.8 Å². The first kappa shape index (κ1) is 22.2. The molecule has 2 saturated heterocycles. The summed E-state index contributed by atoms with van der Waals surface area (Å²) in [7, 11) is -3.66. The van der Waals surface area contributed by atoms with Crippen LogP contribution in [0.4, 0.5) is 25.0 Å². The van der Waals surface area contributed by atoms with E-state index < -0.39 is 45.7 Å². The number of nitrogens with one attached hydrogen (secondary N) is 2. The molecule has 4 rings (SSSR count). The molecule has 1 saturated carbocycles. The lowest BCUT2D eigenvalue weighted by atomic mass is 10.2. The molecule has 2 N–H and O–H groups in total. The zero-order valence-corrected chi connectivity index (χ0v) is 18.1. The maximum atomic E-state index is 14.8. The van der Waals surface area contributed by atoms with Crippen LogP contribution in [0.25, 0.3) is 0 Å². The number of sulfonamides is 1. The van der Waals surface area contributed by atoms with E-state index in [1.807, 2.05) is 4.72 Å². The third-order valence-electron chi connectivity index (χ3n) is 5.87. The zero-order valence-electron chi connectivity index (χ0n) is 17.3. The number of anilines is 2. The maximum Gasteiger partial charge on any atom is 0.414 e. The van der Waals surface area contributed by atoms with Gasteiger partial charge in [-0.3, -0.25) is 19.2 Å². The predicted octanol–water partition coefficient (Wildman–Crippen LogP) is 0.184. The van der Waals surface area contributed by atoms with Crippen LogP contribution in [0.1, 0.15) is 6.92 Å². The molecule has 4 atom stereocenters. The zero-order chi connectivity index (χ0) is 23.4. The highest BCUT2D eigenvalue weighted by molar-refractivity contribution is 7.89. The number of hydrogen-bond donors (Lipinski definition) is 2. The molecule has 10 nitrogen and oxygen atoms in total. The van der Waals surface area contributed by atoms with Gasteiger partial charge < -0.3 is 15.0 Å². The van der Waals surface area contributed by atoms with Crippen molar-refractivity contribution < 1.29 is 36.3 Å². The number of amides is 3. The summed E-state index contributed by atoms with van der Waals surface area (Å²) >= 11 is 0. The number of cyclic esters (lactones) is 1. The van der Waals surface area contributed by atoms with Crippen molar-refractivity contribution in [2.75, 3.05) is 42.2 Å². The van der Waals surface area contributed by atoms with Crippen LogP contribution in [0.5, 0.6) is 0 Å². The Bertz CT molecular complexity index is 1060. The fourth-order valence-electron chi connectivity index (χ4n) is 4.45. The Morgan fingerprint density at radius 1 is 1.16 bits per heavy atom. The van der Waals surface area contributed by atoms with E-state index in [0.717, 1.165) is 23.3 Å². The number of hydrogen-bond acceptors (Lipinski definition) is 7. The average molecular weight is 472 g/mol. The van der Waals surface area contributed by atoms with E-state index in [4.69, 9.17) is 4.74 Å². The van der Waals surface area contributed by atoms with Crippen molar-refractivity contribution in [3.05, 3.63) is 23.8 Å². The Kier molecular flexibility index (Phi) is 5.47. The van der Waals surface area contributed by atoms with Crippen LogP contribution in [0.15, 0.2) is 12.1 Å². The number of benzene rings is 1. The molecule has 2 aliphatic heterocycles. The minimum atomic E-state index is -3.66. The van der Waals surface area contributed by atoms with E-state index in [-0.39, 0.29) is 55.3 Å². The van der Waals surface area contributed by atoms with Gasteiger partial charge in [-0.25, -0.2) is 22.0 Å². The van der Waals surface area contributed by atoms with Gasteiger partial charge in [-0.15, -0.1) is 0 Å². The Hall–Kier alpha value is -2.96. The molecule has 1 aromatic carbocycles. The van der Waals surface area contributed by atoms with Crippen molar-refractivity contribution in [1.29, 1.82) is 0 Å². The molecule has 1 aliphatic carbocycles. The maximum absolute atomic E-state index is 14.8. The number of carbonyl (C=O) groups excluding carboxylic acids is 3. The Balaban J connectivity index is 1.42. The molecule has 3 amide bonds. The van der Waals surface area contributed by atoms with Crippen molar-refractivity contribution in [3.8, 4) is 0 Å². The molecule has 174 valence electrons. The second-order valence-electron chi connectivity index (χ2n) is 8.31. The fourth-order valence-corrected chi connectivity index (χ4v) is 4.96. The van der Waals surface area contributed by atoms with E-state index in [9.17, 15) is 31.6 Å². The standard InChI is InChI=1S/C19H22F2N4O6S/c1-9(26)22-5-11-6-25(19(28)31-11)10-3-14(20)17(15(21)4-10)24-7-12-13(8-24)16(12)18(27)23-32(2,29)30/h3-4,11-13,16H,5-8H2,1-2H3,(H,22,26)(H,23,27)/t11-,12-,13+,16?/m0/s1. The highest BCUT2D eigenvalue weighted by Crippen LogP contribution is 2.53. The monoisotopic (exact) mass is 472 g/mol. The molecule has 2 heterocycles. The van der Waals surface area contributed by atoms with Crippen LogP contribution in [0.3, 0.4) is 0 Å². The smallest absolute Gasteiger partial charge is 0.414 e. The van der Waals surface area contributed by atoms with Crippen molar-refractivity contribution in [1.82, 2.24) is 10.0 Å². The number of piperidine rings is 1. The molecule has 32 heavy (non-hydrogen) atoms. The first-order chi connectivity index (χ1) is 14.9. The number of fused-ring (bicyclic) bond motifs is 1. The largest absolute Gasteiger partial charge is 0.442 e. The van der Waals surface area contributed by atoms with Crippen molar-refractivity contribution in [3.63, 3.8) is 0 Å². The highest BCUT2D eigenvalue weighted by atomic mass is 32.2. The summed E-state index contributed by atoms with van der Waals surface area (Å²) in [6.45, 7) is 1.86. The van der Waals surface area contributed by atoms with Crippen molar-refractivity contribution in [2.45, 2.75) is 13.0 Å². The van der Waals surface area contributed by atoms with Gasteiger partial charge in [0.15, 0.2) is 11.6 Å². The number of halogens is 2.